The molecule has 0 aromatic heterocycles. The van der Waals surface area contributed by atoms with E-state index in [4.69, 9.17) is 16.7 Å². The van der Waals surface area contributed by atoms with Crippen molar-refractivity contribution in [2.24, 2.45) is 0 Å². The molecule has 0 saturated carbocycles. The van der Waals surface area contributed by atoms with E-state index in [0.29, 0.717) is 0 Å². The summed E-state index contributed by atoms with van der Waals surface area (Å²) >= 11 is 5.55. The van der Waals surface area contributed by atoms with Crippen LogP contribution in [-0.4, -0.2) is 37.2 Å². The first-order chi connectivity index (χ1) is 9.60. The molecular formula is C12H13ClFNO5S. The largest absolute Gasteiger partial charge is 0.480 e. The van der Waals surface area contributed by atoms with Gasteiger partial charge in [0.05, 0.1) is 16.5 Å². The SMILES string of the molecule is CC(=O)NC(CS(=O)(=O)Cc1ccc(F)c(Cl)c1)C(=O)O. The number of amides is 1. The highest BCUT2D eigenvalue weighted by Gasteiger charge is 2.26. The quantitative estimate of drug-likeness (QED) is 0.806. The number of hydrogen-bond donors (Lipinski definition) is 2. The van der Waals surface area contributed by atoms with Gasteiger partial charge in [0.1, 0.15) is 11.9 Å². The number of aliphatic carboxylic acids is 1. The molecule has 0 aliphatic rings. The van der Waals surface area contributed by atoms with E-state index in [1.54, 1.807) is 0 Å². The standard InChI is InChI=1S/C12H13ClFNO5S/c1-7(16)15-11(12(17)18)6-21(19,20)5-8-2-3-10(14)9(13)4-8/h2-4,11H,5-6H2,1H3,(H,15,16)(H,17,18). The Morgan fingerprint density at radius 2 is 2.05 bits per heavy atom. The first-order valence-electron chi connectivity index (χ1n) is 5.75. The van der Waals surface area contributed by atoms with Crippen LogP contribution in [0.25, 0.3) is 0 Å². The lowest BCUT2D eigenvalue weighted by atomic mass is 10.2. The van der Waals surface area contributed by atoms with Crippen molar-refractivity contribution in [1.82, 2.24) is 5.32 Å². The van der Waals surface area contributed by atoms with Gasteiger partial charge in [0.25, 0.3) is 0 Å². The van der Waals surface area contributed by atoms with Crippen LogP contribution in [0.5, 0.6) is 0 Å². The van der Waals surface area contributed by atoms with Gasteiger partial charge in [-0.25, -0.2) is 17.6 Å². The Bertz CT molecular complexity index is 662. The van der Waals surface area contributed by atoms with Crippen LogP contribution in [0.3, 0.4) is 0 Å². The van der Waals surface area contributed by atoms with Crippen LogP contribution in [0.2, 0.25) is 5.02 Å². The number of carboxylic acid groups (broad SMARTS) is 1. The van der Waals surface area contributed by atoms with Crippen LogP contribution >= 0.6 is 11.6 Å². The number of carbonyl (C=O) groups is 2. The van der Waals surface area contributed by atoms with Crippen molar-refractivity contribution in [2.45, 2.75) is 18.7 Å². The Kier molecular flexibility index (Phi) is 5.68. The zero-order valence-corrected chi connectivity index (χ0v) is 12.5. The number of halogens is 2. The van der Waals surface area contributed by atoms with E-state index in [2.05, 4.69) is 0 Å². The molecule has 6 nitrogen and oxygen atoms in total. The van der Waals surface area contributed by atoms with Crippen LogP contribution in [0.4, 0.5) is 4.39 Å². The molecule has 0 bridgehead atoms. The first kappa shape index (κ1) is 17.4. The molecule has 0 radical (unpaired) electrons. The van der Waals surface area contributed by atoms with Gasteiger partial charge in [-0.05, 0) is 17.7 Å². The number of carbonyl (C=O) groups excluding carboxylic acids is 1. The number of benzene rings is 1. The number of rotatable bonds is 6. The fraction of sp³-hybridized carbons (Fsp3) is 0.333. The molecule has 0 fully saturated rings. The number of nitrogens with one attached hydrogen (secondary N) is 1. The zero-order valence-electron chi connectivity index (χ0n) is 11.0. The maximum absolute atomic E-state index is 13.0. The van der Waals surface area contributed by atoms with Gasteiger partial charge in [0.15, 0.2) is 9.84 Å². The summed E-state index contributed by atoms with van der Waals surface area (Å²) in [6, 6.07) is 1.88. The van der Waals surface area contributed by atoms with Crippen LogP contribution in [0, 0.1) is 5.82 Å². The molecule has 21 heavy (non-hydrogen) atoms. The summed E-state index contributed by atoms with van der Waals surface area (Å²) in [6.45, 7) is 1.09. The summed E-state index contributed by atoms with van der Waals surface area (Å²) in [4.78, 5) is 21.8. The normalized spacial score (nSPS) is 12.7. The number of carboxylic acids is 1. The fourth-order valence-corrected chi connectivity index (χ4v) is 3.36. The molecule has 0 saturated heterocycles. The molecule has 0 heterocycles. The fourth-order valence-electron chi connectivity index (χ4n) is 1.62. The third-order valence-electron chi connectivity index (χ3n) is 2.47. The molecule has 0 spiro atoms. The van der Waals surface area contributed by atoms with Gasteiger partial charge in [-0.2, -0.15) is 0 Å². The lowest BCUT2D eigenvalue weighted by Gasteiger charge is -2.13. The second-order valence-electron chi connectivity index (χ2n) is 4.39. The Morgan fingerprint density at radius 1 is 1.43 bits per heavy atom. The molecule has 1 aromatic rings. The summed E-state index contributed by atoms with van der Waals surface area (Å²) in [6.07, 6.45) is 0. The van der Waals surface area contributed by atoms with E-state index < -0.39 is 45.1 Å². The van der Waals surface area contributed by atoms with Gasteiger partial charge in [-0.1, -0.05) is 17.7 Å². The molecule has 1 unspecified atom stereocenters. The molecule has 0 aliphatic heterocycles. The van der Waals surface area contributed by atoms with Crippen LogP contribution in [-0.2, 0) is 25.2 Å². The minimum absolute atomic E-state index is 0.223. The molecule has 0 aliphatic carbocycles. The second kappa shape index (κ2) is 6.86. The predicted molar refractivity (Wildman–Crippen MR) is 74.1 cm³/mol. The highest BCUT2D eigenvalue weighted by Crippen LogP contribution is 2.18. The van der Waals surface area contributed by atoms with Crippen LogP contribution < -0.4 is 5.32 Å². The van der Waals surface area contributed by atoms with Gasteiger partial charge in [0, 0.05) is 6.92 Å². The summed E-state index contributed by atoms with van der Waals surface area (Å²) in [5.74, 6) is -4.05. The van der Waals surface area contributed by atoms with Gasteiger partial charge in [0.2, 0.25) is 5.91 Å². The van der Waals surface area contributed by atoms with Crippen molar-refractivity contribution in [2.75, 3.05) is 5.75 Å². The summed E-state index contributed by atoms with van der Waals surface area (Å²) < 4.78 is 36.9. The molecule has 1 rings (SSSR count). The minimum Gasteiger partial charge on any atom is -0.480 e. The van der Waals surface area contributed by atoms with Gasteiger partial charge in [-0.15, -0.1) is 0 Å². The van der Waals surface area contributed by atoms with Crippen molar-refractivity contribution >= 4 is 33.3 Å². The molecule has 116 valence electrons. The maximum Gasteiger partial charge on any atom is 0.327 e. The van der Waals surface area contributed by atoms with Crippen molar-refractivity contribution in [3.8, 4) is 0 Å². The highest BCUT2D eigenvalue weighted by atomic mass is 35.5. The average Bonchev–Trinajstić information content (AvgIpc) is 2.31. The van der Waals surface area contributed by atoms with Crippen molar-refractivity contribution < 1.29 is 27.5 Å². The second-order valence-corrected chi connectivity index (χ2v) is 6.91. The van der Waals surface area contributed by atoms with E-state index in [-0.39, 0.29) is 10.6 Å². The van der Waals surface area contributed by atoms with Crippen molar-refractivity contribution in [3.63, 3.8) is 0 Å². The number of sulfone groups is 1. The molecule has 9 heteroatoms. The Balaban J connectivity index is 2.87. The van der Waals surface area contributed by atoms with Gasteiger partial charge in [-0.3, -0.25) is 4.79 Å². The average molecular weight is 338 g/mol. The van der Waals surface area contributed by atoms with Crippen LogP contribution in [0.1, 0.15) is 12.5 Å². The van der Waals surface area contributed by atoms with Crippen molar-refractivity contribution in [3.05, 3.63) is 34.6 Å². The first-order valence-corrected chi connectivity index (χ1v) is 7.95. The molecule has 2 N–H and O–H groups in total. The Hall–Kier alpha value is -1.67. The monoisotopic (exact) mass is 337 g/mol. The van der Waals surface area contributed by atoms with E-state index in [9.17, 15) is 22.4 Å². The van der Waals surface area contributed by atoms with E-state index in [0.717, 1.165) is 19.1 Å². The molecule has 1 aromatic carbocycles. The molecular weight excluding hydrogens is 325 g/mol. The Labute approximate surface area is 125 Å². The van der Waals surface area contributed by atoms with E-state index in [1.165, 1.54) is 6.07 Å². The summed E-state index contributed by atoms with van der Waals surface area (Å²) in [7, 11) is -3.83. The zero-order chi connectivity index (χ0) is 16.2. The lowest BCUT2D eigenvalue weighted by molar-refractivity contribution is -0.140. The van der Waals surface area contributed by atoms with Crippen molar-refractivity contribution in [1.29, 1.82) is 0 Å². The lowest BCUT2D eigenvalue weighted by Crippen LogP contribution is -2.44. The number of hydrogen-bond acceptors (Lipinski definition) is 4. The third-order valence-corrected chi connectivity index (χ3v) is 4.37. The van der Waals surface area contributed by atoms with E-state index in [1.807, 2.05) is 5.32 Å². The minimum atomic E-state index is -3.83. The third kappa shape index (κ3) is 5.68. The molecule has 1 atom stereocenters. The van der Waals surface area contributed by atoms with Gasteiger partial charge >= 0.3 is 5.97 Å². The molecule has 1 amide bonds. The Morgan fingerprint density at radius 3 is 2.52 bits per heavy atom. The predicted octanol–water partition coefficient (Wildman–Crippen LogP) is 0.983. The topological polar surface area (TPSA) is 101 Å². The highest BCUT2D eigenvalue weighted by molar-refractivity contribution is 7.90. The van der Waals surface area contributed by atoms with E-state index >= 15 is 0 Å². The summed E-state index contributed by atoms with van der Waals surface area (Å²) in [5, 5.41) is 10.7. The summed E-state index contributed by atoms with van der Waals surface area (Å²) in [5.41, 5.74) is 0.230. The van der Waals surface area contributed by atoms with Gasteiger partial charge < -0.3 is 10.4 Å². The van der Waals surface area contributed by atoms with Crippen LogP contribution in [0.15, 0.2) is 18.2 Å². The smallest absolute Gasteiger partial charge is 0.327 e. The maximum atomic E-state index is 13.0.